The maximum atomic E-state index is 11.3. The van der Waals surface area contributed by atoms with E-state index < -0.39 is 5.54 Å². The fourth-order valence-electron chi connectivity index (χ4n) is 1.44. The number of hydrogen-bond donors (Lipinski definition) is 2. The third kappa shape index (κ3) is 4.06. The Morgan fingerprint density at radius 3 is 2.76 bits per heavy atom. The van der Waals surface area contributed by atoms with Crippen LogP contribution < -0.4 is 11.1 Å². The normalized spacial score (nSPS) is 14.3. The first-order valence-corrected chi connectivity index (χ1v) is 6.75. The molecule has 0 aliphatic carbocycles. The number of hydrogen-bond acceptors (Lipinski definition) is 3. The Morgan fingerprint density at radius 1 is 1.53 bits per heavy atom. The third-order valence-corrected chi connectivity index (χ3v) is 4.16. The van der Waals surface area contributed by atoms with E-state index in [1.165, 1.54) is 11.1 Å². The van der Waals surface area contributed by atoms with E-state index in [2.05, 4.69) is 36.5 Å². The van der Waals surface area contributed by atoms with Gasteiger partial charge in [0.1, 0.15) is 5.54 Å². The van der Waals surface area contributed by atoms with Gasteiger partial charge in [0.25, 0.3) is 0 Å². The molecule has 1 unspecified atom stereocenters. The number of benzene rings is 1. The topological polar surface area (TPSA) is 55.1 Å². The first kappa shape index (κ1) is 14.1. The van der Waals surface area contributed by atoms with E-state index >= 15 is 0 Å². The molecule has 0 aromatic heterocycles. The Labute approximate surface area is 107 Å². The molecular weight excluding hydrogens is 232 g/mol. The lowest BCUT2D eigenvalue weighted by atomic mass is 10.1. The SMILES string of the molecule is CNC(C)(CSCc1cccc(C)c1)C(N)=O. The number of aryl methyl sites for hydroxylation is 1. The van der Waals surface area contributed by atoms with Crippen LogP contribution in [0.2, 0.25) is 0 Å². The van der Waals surface area contributed by atoms with E-state index in [4.69, 9.17) is 5.73 Å². The minimum absolute atomic E-state index is 0.309. The van der Waals surface area contributed by atoms with Crippen molar-refractivity contribution in [3.8, 4) is 0 Å². The quantitative estimate of drug-likeness (QED) is 0.810. The largest absolute Gasteiger partial charge is 0.368 e. The van der Waals surface area contributed by atoms with E-state index in [0.29, 0.717) is 5.75 Å². The number of nitrogens with one attached hydrogen (secondary N) is 1. The predicted octanol–water partition coefficient (Wildman–Crippen LogP) is 1.69. The minimum Gasteiger partial charge on any atom is -0.368 e. The number of primary amides is 1. The zero-order valence-electron chi connectivity index (χ0n) is 10.6. The molecule has 17 heavy (non-hydrogen) atoms. The molecule has 1 atom stereocenters. The second-order valence-electron chi connectivity index (χ2n) is 4.43. The number of likely N-dealkylation sites (N-methyl/N-ethyl adjacent to an activating group) is 1. The lowest BCUT2D eigenvalue weighted by Crippen LogP contribution is -2.53. The van der Waals surface area contributed by atoms with Crippen LogP contribution in [0, 0.1) is 6.92 Å². The molecular formula is C13H20N2OS. The average molecular weight is 252 g/mol. The number of rotatable bonds is 6. The Bertz CT molecular complexity index is 395. The molecule has 1 rings (SSSR count). The highest BCUT2D eigenvalue weighted by molar-refractivity contribution is 7.98. The van der Waals surface area contributed by atoms with Crippen LogP contribution in [0.5, 0.6) is 0 Å². The van der Waals surface area contributed by atoms with Crippen molar-refractivity contribution in [3.63, 3.8) is 0 Å². The molecule has 0 aliphatic heterocycles. The van der Waals surface area contributed by atoms with E-state index in [1.54, 1.807) is 18.8 Å². The van der Waals surface area contributed by atoms with Crippen LogP contribution in [0.4, 0.5) is 0 Å². The van der Waals surface area contributed by atoms with E-state index in [-0.39, 0.29) is 5.91 Å². The summed E-state index contributed by atoms with van der Waals surface area (Å²) in [6.45, 7) is 3.91. The van der Waals surface area contributed by atoms with Gasteiger partial charge in [0.2, 0.25) is 5.91 Å². The van der Waals surface area contributed by atoms with Gasteiger partial charge in [0, 0.05) is 11.5 Å². The Balaban J connectivity index is 2.50. The minimum atomic E-state index is -0.630. The molecule has 0 aliphatic rings. The van der Waals surface area contributed by atoms with Gasteiger partial charge in [-0.15, -0.1) is 0 Å². The first-order chi connectivity index (χ1) is 7.98. The maximum absolute atomic E-state index is 11.3. The molecule has 1 amide bonds. The van der Waals surface area contributed by atoms with Crippen LogP contribution in [-0.4, -0.2) is 24.2 Å². The zero-order chi connectivity index (χ0) is 12.9. The summed E-state index contributed by atoms with van der Waals surface area (Å²) in [6.07, 6.45) is 0. The average Bonchev–Trinajstić information content (AvgIpc) is 2.28. The van der Waals surface area contributed by atoms with Crippen LogP contribution in [-0.2, 0) is 10.5 Å². The summed E-state index contributed by atoms with van der Waals surface area (Å²) in [4.78, 5) is 11.3. The van der Waals surface area contributed by atoms with Crippen molar-refractivity contribution in [2.24, 2.45) is 5.73 Å². The molecule has 0 heterocycles. The highest BCUT2D eigenvalue weighted by Crippen LogP contribution is 2.18. The number of carbonyl (C=O) groups excluding carboxylic acids is 1. The van der Waals surface area contributed by atoms with Gasteiger partial charge in [-0.05, 0) is 26.5 Å². The second-order valence-corrected chi connectivity index (χ2v) is 5.41. The summed E-state index contributed by atoms with van der Waals surface area (Å²) in [5.41, 5.74) is 7.27. The second kappa shape index (κ2) is 6.07. The standard InChI is InChI=1S/C13H20N2OS/c1-10-5-4-6-11(7-10)8-17-9-13(2,15-3)12(14)16/h4-7,15H,8-9H2,1-3H3,(H2,14,16). The van der Waals surface area contributed by atoms with E-state index in [0.717, 1.165) is 5.75 Å². The van der Waals surface area contributed by atoms with Crippen molar-refractivity contribution in [1.82, 2.24) is 5.32 Å². The van der Waals surface area contributed by atoms with Crippen molar-refractivity contribution < 1.29 is 4.79 Å². The highest BCUT2D eigenvalue weighted by Gasteiger charge is 2.28. The molecule has 1 aromatic rings. The zero-order valence-corrected chi connectivity index (χ0v) is 11.4. The molecule has 1 aromatic carbocycles. The molecule has 3 nitrogen and oxygen atoms in total. The third-order valence-electron chi connectivity index (χ3n) is 2.84. The van der Waals surface area contributed by atoms with Crippen LogP contribution in [0.15, 0.2) is 24.3 Å². The van der Waals surface area contributed by atoms with Crippen molar-refractivity contribution in [2.75, 3.05) is 12.8 Å². The van der Waals surface area contributed by atoms with Crippen molar-refractivity contribution in [2.45, 2.75) is 25.1 Å². The van der Waals surface area contributed by atoms with Crippen LogP contribution in [0.3, 0.4) is 0 Å². The van der Waals surface area contributed by atoms with Crippen molar-refractivity contribution in [1.29, 1.82) is 0 Å². The molecule has 0 fully saturated rings. The van der Waals surface area contributed by atoms with E-state index in [1.807, 2.05) is 6.92 Å². The number of thioether (sulfide) groups is 1. The van der Waals surface area contributed by atoms with Crippen LogP contribution in [0.25, 0.3) is 0 Å². The van der Waals surface area contributed by atoms with E-state index in [9.17, 15) is 4.79 Å². The van der Waals surface area contributed by atoms with Gasteiger partial charge in [0.05, 0.1) is 0 Å². The smallest absolute Gasteiger partial charge is 0.238 e. The van der Waals surface area contributed by atoms with Crippen LogP contribution >= 0.6 is 11.8 Å². The molecule has 0 spiro atoms. The monoisotopic (exact) mass is 252 g/mol. The molecule has 94 valence electrons. The summed E-state index contributed by atoms with van der Waals surface area (Å²) in [6, 6.07) is 8.39. The Morgan fingerprint density at radius 2 is 2.24 bits per heavy atom. The maximum Gasteiger partial charge on any atom is 0.238 e. The fourth-order valence-corrected chi connectivity index (χ4v) is 2.65. The number of amides is 1. The summed E-state index contributed by atoms with van der Waals surface area (Å²) in [7, 11) is 1.76. The summed E-state index contributed by atoms with van der Waals surface area (Å²) < 4.78 is 0. The first-order valence-electron chi connectivity index (χ1n) is 5.60. The van der Waals surface area contributed by atoms with Gasteiger partial charge in [-0.1, -0.05) is 29.8 Å². The summed E-state index contributed by atoms with van der Waals surface area (Å²) >= 11 is 1.71. The number of carbonyl (C=O) groups is 1. The molecule has 3 N–H and O–H groups in total. The molecule has 0 saturated carbocycles. The molecule has 0 saturated heterocycles. The van der Waals surface area contributed by atoms with Crippen LogP contribution in [0.1, 0.15) is 18.1 Å². The molecule has 0 bridgehead atoms. The fraction of sp³-hybridized carbons (Fsp3) is 0.462. The summed E-state index contributed by atoms with van der Waals surface area (Å²) in [5.74, 6) is 1.26. The number of nitrogens with two attached hydrogens (primary N) is 1. The molecule has 0 radical (unpaired) electrons. The Hall–Kier alpha value is -1.00. The van der Waals surface area contributed by atoms with Gasteiger partial charge < -0.3 is 11.1 Å². The van der Waals surface area contributed by atoms with Gasteiger partial charge in [-0.3, -0.25) is 4.79 Å². The van der Waals surface area contributed by atoms with Gasteiger partial charge in [-0.2, -0.15) is 11.8 Å². The summed E-state index contributed by atoms with van der Waals surface area (Å²) in [5, 5.41) is 2.98. The van der Waals surface area contributed by atoms with Gasteiger partial charge >= 0.3 is 0 Å². The Kier molecular flexibility index (Phi) is 5.02. The lowest BCUT2D eigenvalue weighted by Gasteiger charge is -2.24. The predicted molar refractivity (Wildman–Crippen MR) is 74.0 cm³/mol. The molecule has 4 heteroatoms. The van der Waals surface area contributed by atoms with Crippen molar-refractivity contribution in [3.05, 3.63) is 35.4 Å². The lowest BCUT2D eigenvalue weighted by molar-refractivity contribution is -0.122. The van der Waals surface area contributed by atoms with Gasteiger partial charge in [0.15, 0.2) is 0 Å². The highest BCUT2D eigenvalue weighted by atomic mass is 32.2. The van der Waals surface area contributed by atoms with Crippen molar-refractivity contribution >= 4 is 17.7 Å². The van der Waals surface area contributed by atoms with Gasteiger partial charge in [-0.25, -0.2) is 0 Å².